The summed E-state index contributed by atoms with van der Waals surface area (Å²) in [6.07, 6.45) is 0. The topological polar surface area (TPSA) is 52.6 Å². The molecule has 0 N–H and O–H groups in total. The van der Waals surface area contributed by atoms with Crippen LogP contribution in [-0.2, 0) is 19.1 Å². The van der Waals surface area contributed by atoms with E-state index in [1.165, 1.54) is 0 Å². The molecule has 0 heterocycles. The second-order valence-corrected chi connectivity index (χ2v) is 5.97. The van der Waals surface area contributed by atoms with Gasteiger partial charge >= 0.3 is 119 Å². The van der Waals surface area contributed by atoms with Gasteiger partial charge in [-0.2, -0.15) is 0 Å². The first-order valence-electron chi connectivity index (χ1n) is 6.20. The van der Waals surface area contributed by atoms with Crippen LogP contribution in [0.3, 0.4) is 0 Å². The molecule has 5 heteroatoms. The van der Waals surface area contributed by atoms with E-state index in [1.807, 2.05) is 30.3 Å². The normalized spacial score (nSPS) is 10.3. The molecule has 0 radical (unpaired) electrons. The molecule has 0 amide bonds. The summed E-state index contributed by atoms with van der Waals surface area (Å²) in [6, 6.07) is 9.82. The molecule has 0 aliphatic rings. The third-order valence-corrected chi connectivity index (χ3v) is 4.62. The molecule has 0 atom stereocenters. The molecular formula is C14H18O4Se. The van der Waals surface area contributed by atoms with Crippen molar-refractivity contribution in [2.75, 3.05) is 13.2 Å². The molecule has 0 bridgehead atoms. The Morgan fingerprint density at radius 1 is 1.05 bits per heavy atom. The second-order valence-electron chi connectivity index (χ2n) is 3.68. The summed E-state index contributed by atoms with van der Waals surface area (Å²) in [7, 11) is 0. The average Bonchev–Trinajstić information content (AvgIpc) is 2.41. The Balaban J connectivity index is 2.63. The minimum absolute atomic E-state index is 0.0471. The fraction of sp³-hybridized carbons (Fsp3) is 0.429. The van der Waals surface area contributed by atoms with Gasteiger partial charge < -0.3 is 0 Å². The first-order valence-corrected chi connectivity index (χ1v) is 8.27. The predicted molar refractivity (Wildman–Crippen MR) is 73.4 cm³/mol. The van der Waals surface area contributed by atoms with Gasteiger partial charge in [0.05, 0.1) is 0 Å². The number of hydrogen-bond donors (Lipinski definition) is 0. The molecule has 0 aliphatic carbocycles. The molecule has 0 aliphatic heterocycles. The standard InChI is InChI=1S/C14H18O4Se/c1-3-17-13(15)12(14(16)18-4-2)10-19-11-8-6-5-7-9-11/h5-9,12H,3-4,10H2,1-2H3. The Bertz CT molecular complexity index is 387. The number of ether oxygens (including phenoxy) is 2. The van der Waals surface area contributed by atoms with Crippen molar-refractivity contribution in [1.29, 1.82) is 0 Å². The van der Waals surface area contributed by atoms with Gasteiger partial charge in [0, 0.05) is 0 Å². The van der Waals surface area contributed by atoms with Crippen LogP contribution in [0.5, 0.6) is 0 Å². The van der Waals surface area contributed by atoms with Gasteiger partial charge in [0.2, 0.25) is 0 Å². The summed E-state index contributed by atoms with van der Waals surface area (Å²) >= 11 is 0.0471. The Hall–Kier alpha value is -1.32. The Labute approximate surface area is 119 Å². The third-order valence-electron chi connectivity index (χ3n) is 2.30. The molecular weight excluding hydrogens is 311 g/mol. The van der Waals surface area contributed by atoms with E-state index in [-0.39, 0.29) is 28.2 Å². The zero-order valence-electron chi connectivity index (χ0n) is 11.1. The molecule has 0 fully saturated rings. The fourth-order valence-electron chi connectivity index (χ4n) is 1.41. The van der Waals surface area contributed by atoms with Crippen LogP contribution in [0.4, 0.5) is 0 Å². The summed E-state index contributed by atoms with van der Waals surface area (Å²) in [5, 5.41) is 0.467. The van der Waals surface area contributed by atoms with Gasteiger partial charge in [-0.3, -0.25) is 0 Å². The zero-order valence-corrected chi connectivity index (χ0v) is 12.8. The number of hydrogen-bond acceptors (Lipinski definition) is 4. The molecule has 0 unspecified atom stereocenters. The van der Waals surface area contributed by atoms with Gasteiger partial charge in [0.25, 0.3) is 0 Å². The summed E-state index contributed by atoms with van der Waals surface area (Å²) in [4.78, 5) is 23.5. The number of benzene rings is 1. The molecule has 1 aromatic rings. The van der Waals surface area contributed by atoms with E-state index in [2.05, 4.69) is 0 Å². The van der Waals surface area contributed by atoms with E-state index in [0.29, 0.717) is 5.32 Å². The van der Waals surface area contributed by atoms with Crippen molar-refractivity contribution in [3.8, 4) is 0 Å². The van der Waals surface area contributed by atoms with E-state index in [1.54, 1.807) is 13.8 Å². The first kappa shape index (κ1) is 15.7. The van der Waals surface area contributed by atoms with E-state index >= 15 is 0 Å². The van der Waals surface area contributed by atoms with E-state index < -0.39 is 17.9 Å². The van der Waals surface area contributed by atoms with Crippen LogP contribution in [0.15, 0.2) is 30.3 Å². The van der Waals surface area contributed by atoms with Crippen molar-refractivity contribution >= 4 is 31.4 Å². The van der Waals surface area contributed by atoms with Gasteiger partial charge in [0.1, 0.15) is 0 Å². The van der Waals surface area contributed by atoms with E-state index in [4.69, 9.17) is 9.47 Å². The van der Waals surface area contributed by atoms with Crippen LogP contribution < -0.4 is 4.46 Å². The Morgan fingerprint density at radius 3 is 2.05 bits per heavy atom. The van der Waals surface area contributed by atoms with Crippen molar-refractivity contribution in [2.24, 2.45) is 5.92 Å². The zero-order chi connectivity index (χ0) is 14.1. The Morgan fingerprint density at radius 2 is 1.58 bits per heavy atom. The van der Waals surface area contributed by atoms with Crippen LogP contribution in [0.2, 0.25) is 5.32 Å². The van der Waals surface area contributed by atoms with Crippen molar-refractivity contribution in [2.45, 2.75) is 19.2 Å². The third kappa shape index (κ3) is 5.45. The van der Waals surface area contributed by atoms with Gasteiger partial charge in [-0.1, -0.05) is 0 Å². The summed E-state index contributed by atoms with van der Waals surface area (Å²) in [5.41, 5.74) is 0. The monoisotopic (exact) mass is 330 g/mol. The van der Waals surface area contributed by atoms with Crippen molar-refractivity contribution in [3.05, 3.63) is 30.3 Å². The van der Waals surface area contributed by atoms with Gasteiger partial charge in [-0.25, -0.2) is 0 Å². The van der Waals surface area contributed by atoms with Gasteiger partial charge in [0.15, 0.2) is 0 Å². The fourth-order valence-corrected chi connectivity index (χ4v) is 3.47. The minimum atomic E-state index is -0.805. The van der Waals surface area contributed by atoms with Crippen molar-refractivity contribution in [3.63, 3.8) is 0 Å². The van der Waals surface area contributed by atoms with Crippen LogP contribution in [-0.4, -0.2) is 40.1 Å². The predicted octanol–water partition coefficient (Wildman–Crippen LogP) is 1.18. The first-order chi connectivity index (χ1) is 9.19. The van der Waals surface area contributed by atoms with Crippen LogP contribution in [0.1, 0.15) is 13.8 Å². The number of carbonyl (C=O) groups is 2. The molecule has 0 saturated heterocycles. The van der Waals surface area contributed by atoms with E-state index in [9.17, 15) is 9.59 Å². The quantitative estimate of drug-likeness (QED) is 0.428. The molecule has 0 aromatic heterocycles. The second kappa shape index (κ2) is 8.72. The molecule has 0 spiro atoms. The van der Waals surface area contributed by atoms with Crippen molar-refractivity contribution in [1.82, 2.24) is 0 Å². The molecule has 19 heavy (non-hydrogen) atoms. The Kier molecular flexibility index (Phi) is 7.23. The van der Waals surface area contributed by atoms with Crippen LogP contribution in [0.25, 0.3) is 0 Å². The SMILES string of the molecule is CCOC(=O)C(C[Se]c1ccccc1)C(=O)OCC. The number of esters is 2. The molecule has 0 saturated carbocycles. The van der Waals surface area contributed by atoms with Crippen LogP contribution >= 0.6 is 0 Å². The molecule has 104 valence electrons. The number of rotatable bonds is 7. The van der Waals surface area contributed by atoms with E-state index in [0.717, 1.165) is 4.46 Å². The summed E-state index contributed by atoms with van der Waals surface area (Å²) in [5.74, 6) is -1.78. The summed E-state index contributed by atoms with van der Waals surface area (Å²) < 4.78 is 11.0. The van der Waals surface area contributed by atoms with Crippen molar-refractivity contribution < 1.29 is 19.1 Å². The molecule has 1 aromatic carbocycles. The number of carbonyl (C=O) groups excluding carboxylic acids is 2. The average molecular weight is 329 g/mol. The summed E-state index contributed by atoms with van der Waals surface area (Å²) in [6.45, 7) is 3.99. The van der Waals surface area contributed by atoms with Gasteiger partial charge in [-0.05, 0) is 0 Å². The molecule has 4 nitrogen and oxygen atoms in total. The van der Waals surface area contributed by atoms with Crippen LogP contribution in [0, 0.1) is 5.92 Å². The maximum atomic E-state index is 11.8. The molecule has 1 rings (SSSR count). The maximum absolute atomic E-state index is 11.8. The van der Waals surface area contributed by atoms with Gasteiger partial charge in [-0.15, -0.1) is 0 Å².